The lowest BCUT2D eigenvalue weighted by atomic mass is 10.2. The first-order valence-electron chi connectivity index (χ1n) is 5.69. The molecule has 2 N–H and O–H groups in total. The fraction of sp³-hybridized carbons (Fsp3) is 0.385. The molecular formula is C13H18N2O5. The molecule has 0 atom stereocenters. The first-order valence-corrected chi connectivity index (χ1v) is 5.69. The molecule has 2 amide bonds. The quantitative estimate of drug-likeness (QED) is 0.402. The van der Waals surface area contributed by atoms with E-state index in [0.717, 1.165) is 0 Å². The number of nitrogens with zero attached hydrogens (tertiary/aromatic N) is 1. The van der Waals surface area contributed by atoms with Crippen molar-refractivity contribution >= 4 is 23.5 Å². The van der Waals surface area contributed by atoms with E-state index in [1.807, 2.05) is 0 Å². The molecule has 0 spiro atoms. The first kappa shape index (κ1) is 17.7. The van der Waals surface area contributed by atoms with Gasteiger partial charge < -0.3 is 15.2 Å². The highest BCUT2D eigenvalue weighted by atomic mass is 16.5. The zero-order valence-electron chi connectivity index (χ0n) is 11.6. The predicted octanol–water partition coefficient (Wildman–Crippen LogP) is 0.787. The molecule has 0 aromatic heterocycles. The fourth-order valence-electron chi connectivity index (χ4n) is 0.855. The van der Waals surface area contributed by atoms with Crippen molar-refractivity contribution < 1.29 is 23.9 Å². The number of hydrogen-bond acceptors (Lipinski definition) is 5. The molecule has 20 heavy (non-hydrogen) atoms. The van der Waals surface area contributed by atoms with E-state index < -0.39 is 6.03 Å². The summed E-state index contributed by atoms with van der Waals surface area (Å²) in [6.45, 7) is 9.16. The standard InChI is InChI=1S/C13H18N2O5/c1-8(2)10(16)5-19-7-12(15-13(14)18)20-6-11(17)9(3)4/h1,3,5-7H2,2,4H3,(H2,14,18)/b15-12+. The number of ketones is 2. The van der Waals surface area contributed by atoms with Crippen molar-refractivity contribution in [2.45, 2.75) is 13.8 Å². The minimum absolute atomic E-state index is 0.179. The van der Waals surface area contributed by atoms with Crippen molar-refractivity contribution in [1.82, 2.24) is 0 Å². The van der Waals surface area contributed by atoms with Gasteiger partial charge in [-0.05, 0) is 25.0 Å². The van der Waals surface area contributed by atoms with Crippen molar-refractivity contribution in [2.75, 3.05) is 19.8 Å². The number of urea groups is 1. The number of hydrogen-bond donors (Lipinski definition) is 1. The molecule has 0 saturated heterocycles. The minimum Gasteiger partial charge on any atom is -0.471 e. The third-order valence-corrected chi connectivity index (χ3v) is 2.02. The Kier molecular flexibility index (Phi) is 7.76. The highest BCUT2D eigenvalue weighted by Gasteiger charge is 2.10. The highest BCUT2D eigenvalue weighted by Crippen LogP contribution is 1.95. The summed E-state index contributed by atoms with van der Waals surface area (Å²) in [4.78, 5) is 36.6. The zero-order valence-corrected chi connectivity index (χ0v) is 11.6. The largest absolute Gasteiger partial charge is 0.471 e. The van der Waals surface area contributed by atoms with Crippen LogP contribution in [0.3, 0.4) is 0 Å². The first-order chi connectivity index (χ1) is 9.23. The number of amides is 2. The van der Waals surface area contributed by atoms with Gasteiger partial charge in [-0.2, -0.15) is 4.99 Å². The summed E-state index contributed by atoms with van der Waals surface area (Å²) in [5.74, 6) is -0.816. The number of rotatable bonds is 8. The van der Waals surface area contributed by atoms with E-state index in [0.29, 0.717) is 11.1 Å². The lowest BCUT2D eigenvalue weighted by Gasteiger charge is -2.08. The molecule has 0 aromatic rings. The molecule has 0 aromatic carbocycles. The van der Waals surface area contributed by atoms with Gasteiger partial charge in [-0.25, -0.2) is 4.79 Å². The number of nitrogens with two attached hydrogens (primary N) is 1. The van der Waals surface area contributed by atoms with Gasteiger partial charge in [-0.3, -0.25) is 9.59 Å². The Labute approximate surface area is 117 Å². The second-order valence-corrected chi connectivity index (χ2v) is 4.03. The smallest absolute Gasteiger partial charge is 0.341 e. The summed E-state index contributed by atoms with van der Waals surface area (Å²) >= 11 is 0. The van der Waals surface area contributed by atoms with Gasteiger partial charge in [-0.15, -0.1) is 0 Å². The van der Waals surface area contributed by atoms with Gasteiger partial charge in [0, 0.05) is 0 Å². The van der Waals surface area contributed by atoms with Crippen LogP contribution in [0.25, 0.3) is 0 Å². The average molecular weight is 282 g/mol. The Morgan fingerprint density at radius 1 is 1.00 bits per heavy atom. The molecule has 0 saturated carbocycles. The van der Waals surface area contributed by atoms with Crippen LogP contribution in [0.15, 0.2) is 29.3 Å². The lowest BCUT2D eigenvalue weighted by Crippen LogP contribution is -2.23. The van der Waals surface area contributed by atoms with Crippen LogP contribution >= 0.6 is 0 Å². The average Bonchev–Trinajstić information content (AvgIpc) is 2.33. The van der Waals surface area contributed by atoms with Crippen molar-refractivity contribution in [3.63, 3.8) is 0 Å². The number of ether oxygens (including phenoxy) is 2. The fourth-order valence-corrected chi connectivity index (χ4v) is 0.855. The van der Waals surface area contributed by atoms with E-state index in [1.165, 1.54) is 6.92 Å². The Hall–Kier alpha value is -2.28. The van der Waals surface area contributed by atoms with E-state index in [9.17, 15) is 14.4 Å². The topological polar surface area (TPSA) is 108 Å². The molecule has 0 fully saturated rings. The van der Waals surface area contributed by atoms with Crippen LogP contribution in [-0.4, -0.2) is 43.3 Å². The van der Waals surface area contributed by atoms with Crippen LogP contribution in [-0.2, 0) is 19.1 Å². The lowest BCUT2D eigenvalue weighted by molar-refractivity contribution is -0.120. The van der Waals surface area contributed by atoms with Crippen LogP contribution in [0.5, 0.6) is 0 Å². The number of aliphatic imine (C=N–C) groups is 1. The molecular weight excluding hydrogens is 264 g/mol. The molecule has 7 nitrogen and oxygen atoms in total. The van der Waals surface area contributed by atoms with Crippen LogP contribution in [0, 0.1) is 0 Å². The molecule has 0 heterocycles. The molecule has 0 unspecified atom stereocenters. The summed E-state index contributed by atoms with van der Waals surface area (Å²) in [6, 6.07) is -0.988. The Balaban J connectivity index is 4.41. The number of Topliss-reactive ketones (excluding diaryl/α,β-unsaturated/α-hetero) is 2. The second kappa shape index (κ2) is 8.76. The maximum absolute atomic E-state index is 11.3. The van der Waals surface area contributed by atoms with E-state index in [4.69, 9.17) is 15.2 Å². The molecule has 7 heteroatoms. The normalized spacial score (nSPS) is 10.8. The summed E-state index contributed by atoms with van der Waals surface area (Å²) in [6.07, 6.45) is 0. The third kappa shape index (κ3) is 7.93. The Morgan fingerprint density at radius 3 is 1.95 bits per heavy atom. The predicted molar refractivity (Wildman–Crippen MR) is 73.4 cm³/mol. The van der Waals surface area contributed by atoms with Crippen LogP contribution in [0.4, 0.5) is 4.79 Å². The molecule has 0 rings (SSSR count). The maximum Gasteiger partial charge on any atom is 0.341 e. The maximum atomic E-state index is 11.3. The van der Waals surface area contributed by atoms with Gasteiger partial charge >= 0.3 is 6.03 Å². The van der Waals surface area contributed by atoms with Gasteiger partial charge in [0.1, 0.15) is 13.2 Å². The summed E-state index contributed by atoms with van der Waals surface area (Å²) in [7, 11) is 0. The summed E-state index contributed by atoms with van der Waals surface area (Å²) in [5, 5.41) is 0. The van der Waals surface area contributed by atoms with Gasteiger partial charge in [0.05, 0.1) is 0 Å². The van der Waals surface area contributed by atoms with Gasteiger partial charge in [0.25, 0.3) is 0 Å². The Bertz CT molecular complexity index is 465. The SMILES string of the molecule is C=C(C)C(=O)COC/C(=N\C(N)=O)OCC(=O)C(=C)C. The monoisotopic (exact) mass is 282 g/mol. The van der Waals surface area contributed by atoms with Gasteiger partial charge in [0.15, 0.2) is 18.2 Å². The minimum atomic E-state index is -0.988. The molecule has 0 radical (unpaired) electrons. The van der Waals surface area contributed by atoms with Crippen LogP contribution in [0.1, 0.15) is 13.8 Å². The van der Waals surface area contributed by atoms with E-state index in [-0.39, 0.29) is 37.3 Å². The zero-order chi connectivity index (χ0) is 15.7. The van der Waals surface area contributed by atoms with Gasteiger partial charge in [0.2, 0.25) is 5.90 Å². The van der Waals surface area contributed by atoms with Gasteiger partial charge in [-0.1, -0.05) is 13.2 Å². The third-order valence-electron chi connectivity index (χ3n) is 2.02. The molecule has 0 aliphatic heterocycles. The molecule has 0 aliphatic rings. The summed E-state index contributed by atoms with van der Waals surface area (Å²) < 4.78 is 10.0. The van der Waals surface area contributed by atoms with Crippen LogP contribution in [0.2, 0.25) is 0 Å². The Morgan fingerprint density at radius 2 is 1.50 bits per heavy atom. The van der Waals surface area contributed by atoms with Crippen molar-refractivity contribution in [2.24, 2.45) is 10.7 Å². The molecule has 0 aliphatic carbocycles. The van der Waals surface area contributed by atoms with E-state index in [2.05, 4.69) is 18.2 Å². The second-order valence-electron chi connectivity index (χ2n) is 4.03. The van der Waals surface area contributed by atoms with Crippen LogP contribution < -0.4 is 5.73 Å². The number of carbonyl (C=O) groups is 3. The van der Waals surface area contributed by atoms with E-state index in [1.54, 1.807) is 6.92 Å². The summed E-state index contributed by atoms with van der Waals surface area (Å²) in [5.41, 5.74) is 5.55. The van der Waals surface area contributed by atoms with Crippen molar-refractivity contribution in [1.29, 1.82) is 0 Å². The number of carbonyl (C=O) groups excluding carboxylic acids is 3. The number of primary amides is 1. The highest BCUT2D eigenvalue weighted by molar-refractivity contribution is 5.98. The van der Waals surface area contributed by atoms with Crippen molar-refractivity contribution in [3.05, 3.63) is 24.3 Å². The molecule has 110 valence electrons. The molecule has 0 bridgehead atoms. The van der Waals surface area contributed by atoms with Crippen molar-refractivity contribution in [3.8, 4) is 0 Å². The van der Waals surface area contributed by atoms with E-state index >= 15 is 0 Å².